The lowest BCUT2D eigenvalue weighted by atomic mass is 9.81. The maximum Gasteiger partial charge on any atom is 0.194 e. The number of unbranched alkanes of at least 4 members (excludes halogenated alkanes) is 2. The molecule has 0 N–H and O–H groups in total. The summed E-state index contributed by atoms with van der Waals surface area (Å²) in [5, 5.41) is 5.47. The number of fused-ring (bicyclic) bond motifs is 4. The summed E-state index contributed by atoms with van der Waals surface area (Å²) in [6, 6.07) is 23.4. The van der Waals surface area contributed by atoms with Crippen molar-refractivity contribution in [2.75, 3.05) is 0 Å². The van der Waals surface area contributed by atoms with E-state index in [2.05, 4.69) is 38.2 Å². The molecule has 0 atom stereocenters. The van der Waals surface area contributed by atoms with Gasteiger partial charge in [-0.3, -0.25) is 9.59 Å². The summed E-state index contributed by atoms with van der Waals surface area (Å²) in [6.45, 7) is 7.10. The fourth-order valence-electron chi connectivity index (χ4n) is 4.96. The molecule has 0 unspecified atom stereocenters. The van der Waals surface area contributed by atoms with Crippen LogP contribution >= 0.6 is 0 Å². The standard InChI is InChI=1S/C29H28O2Si/c1-4-5-8-13-32(2,3)23-12-11-21-17-26-27(18-22(21)14-23)29(31)25-16-20-10-7-6-9-19(20)15-24(25)28(26)30/h6-7,9-12,14-18H,4-5,8,13H2,1-3H3. The molecular weight excluding hydrogens is 408 g/mol. The van der Waals surface area contributed by atoms with Crippen LogP contribution in [0.2, 0.25) is 19.1 Å². The van der Waals surface area contributed by atoms with Crippen molar-refractivity contribution in [3.8, 4) is 0 Å². The van der Waals surface area contributed by atoms with Crippen molar-refractivity contribution in [1.82, 2.24) is 0 Å². The first-order valence-electron chi connectivity index (χ1n) is 11.6. The van der Waals surface area contributed by atoms with Gasteiger partial charge in [0, 0.05) is 22.3 Å². The van der Waals surface area contributed by atoms with Gasteiger partial charge in [0.1, 0.15) is 0 Å². The molecule has 0 aromatic heterocycles. The Morgan fingerprint density at radius 2 is 1.12 bits per heavy atom. The van der Waals surface area contributed by atoms with Crippen molar-refractivity contribution in [2.24, 2.45) is 0 Å². The Balaban J connectivity index is 1.61. The van der Waals surface area contributed by atoms with E-state index < -0.39 is 8.07 Å². The van der Waals surface area contributed by atoms with E-state index in [0.717, 1.165) is 21.5 Å². The molecular formula is C29H28O2Si. The minimum absolute atomic E-state index is 0.0490. The molecule has 4 aromatic rings. The number of ketones is 2. The molecule has 5 rings (SSSR count). The van der Waals surface area contributed by atoms with E-state index in [4.69, 9.17) is 0 Å². The van der Waals surface area contributed by atoms with Gasteiger partial charge in [-0.15, -0.1) is 0 Å². The molecule has 0 saturated carbocycles. The van der Waals surface area contributed by atoms with Crippen LogP contribution in [0.3, 0.4) is 0 Å². The van der Waals surface area contributed by atoms with Crippen LogP contribution in [-0.2, 0) is 0 Å². The molecule has 4 aromatic carbocycles. The third-order valence-electron chi connectivity index (χ3n) is 7.03. The number of hydrogen-bond acceptors (Lipinski definition) is 2. The summed E-state index contributed by atoms with van der Waals surface area (Å²) < 4.78 is 0. The third-order valence-corrected chi connectivity index (χ3v) is 10.5. The molecule has 0 aliphatic heterocycles. The van der Waals surface area contributed by atoms with Crippen LogP contribution in [0.5, 0.6) is 0 Å². The minimum atomic E-state index is -1.54. The smallest absolute Gasteiger partial charge is 0.194 e. The first-order chi connectivity index (χ1) is 15.4. The summed E-state index contributed by atoms with van der Waals surface area (Å²) in [5.74, 6) is -0.104. The zero-order valence-electron chi connectivity index (χ0n) is 19.0. The molecule has 1 aliphatic carbocycles. The van der Waals surface area contributed by atoms with Crippen molar-refractivity contribution in [3.63, 3.8) is 0 Å². The number of carbonyl (C=O) groups is 2. The summed E-state index contributed by atoms with van der Waals surface area (Å²) in [4.78, 5) is 26.8. The summed E-state index contributed by atoms with van der Waals surface area (Å²) in [6.07, 6.45) is 3.79. The fraction of sp³-hybridized carbons (Fsp3) is 0.241. The SMILES string of the molecule is CCCCC[Si](C)(C)c1ccc2cc3c(cc2c1)C(=O)c1cc2ccccc2cc1C3=O. The summed E-state index contributed by atoms with van der Waals surface area (Å²) >= 11 is 0. The molecule has 1 aliphatic rings. The average Bonchev–Trinajstić information content (AvgIpc) is 2.80. The summed E-state index contributed by atoms with van der Waals surface area (Å²) in [5.41, 5.74) is 2.10. The fourth-order valence-corrected chi connectivity index (χ4v) is 7.47. The number of rotatable bonds is 5. The molecule has 32 heavy (non-hydrogen) atoms. The van der Waals surface area contributed by atoms with E-state index in [0.29, 0.717) is 22.3 Å². The normalized spacial score (nSPS) is 13.5. The monoisotopic (exact) mass is 436 g/mol. The maximum atomic E-state index is 13.5. The number of carbonyl (C=O) groups excluding carboxylic acids is 2. The summed E-state index contributed by atoms with van der Waals surface area (Å²) in [7, 11) is -1.54. The number of benzene rings is 4. The van der Waals surface area contributed by atoms with E-state index in [1.807, 2.05) is 48.5 Å². The van der Waals surface area contributed by atoms with Crippen molar-refractivity contribution in [1.29, 1.82) is 0 Å². The molecule has 0 saturated heterocycles. The van der Waals surface area contributed by atoms with Gasteiger partial charge in [-0.1, -0.05) is 93.0 Å². The second-order valence-corrected chi connectivity index (χ2v) is 14.5. The molecule has 0 fully saturated rings. The van der Waals surface area contributed by atoms with Crippen LogP contribution in [0.15, 0.2) is 66.7 Å². The van der Waals surface area contributed by atoms with Crippen molar-refractivity contribution < 1.29 is 9.59 Å². The lowest BCUT2D eigenvalue weighted by molar-refractivity contribution is 0.0979. The Bertz CT molecular complexity index is 1400. The van der Waals surface area contributed by atoms with Gasteiger partial charge in [0.15, 0.2) is 11.6 Å². The zero-order valence-corrected chi connectivity index (χ0v) is 20.0. The Hall–Kier alpha value is -3.04. The Labute approximate surface area is 190 Å². The first kappa shape index (κ1) is 20.8. The van der Waals surface area contributed by atoms with Crippen molar-refractivity contribution in [3.05, 3.63) is 89.0 Å². The quantitative estimate of drug-likeness (QED) is 0.222. The minimum Gasteiger partial charge on any atom is -0.289 e. The van der Waals surface area contributed by atoms with Crippen LogP contribution in [-0.4, -0.2) is 19.6 Å². The van der Waals surface area contributed by atoms with Crippen LogP contribution in [0.4, 0.5) is 0 Å². The molecule has 0 amide bonds. The van der Waals surface area contributed by atoms with Crippen LogP contribution in [0.1, 0.15) is 58.0 Å². The Kier molecular flexibility index (Phi) is 5.09. The van der Waals surface area contributed by atoms with Gasteiger partial charge < -0.3 is 0 Å². The topological polar surface area (TPSA) is 34.1 Å². The largest absolute Gasteiger partial charge is 0.289 e. The highest BCUT2D eigenvalue weighted by atomic mass is 28.3. The second kappa shape index (κ2) is 7.82. The maximum absolute atomic E-state index is 13.5. The van der Waals surface area contributed by atoms with Crippen LogP contribution in [0, 0.1) is 0 Å². The van der Waals surface area contributed by atoms with Crippen LogP contribution in [0.25, 0.3) is 21.5 Å². The highest BCUT2D eigenvalue weighted by Crippen LogP contribution is 2.33. The van der Waals surface area contributed by atoms with Gasteiger partial charge in [0.25, 0.3) is 0 Å². The molecule has 0 heterocycles. The Morgan fingerprint density at radius 1 is 0.625 bits per heavy atom. The van der Waals surface area contributed by atoms with Crippen molar-refractivity contribution >= 4 is 46.4 Å². The second-order valence-electron chi connectivity index (χ2n) is 9.70. The average molecular weight is 437 g/mol. The zero-order chi connectivity index (χ0) is 22.5. The lowest BCUT2D eigenvalue weighted by Crippen LogP contribution is -2.40. The molecule has 3 heteroatoms. The molecule has 0 bridgehead atoms. The van der Waals surface area contributed by atoms with Gasteiger partial charge >= 0.3 is 0 Å². The van der Waals surface area contributed by atoms with Gasteiger partial charge in [-0.05, 0) is 45.8 Å². The predicted octanol–water partition coefficient (Wildman–Crippen LogP) is 6.87. The Morgan fingerprint density at radius 3 is 1.66 bits per heavy atom. The van der Waals surface area contributed by atoms with Gasteiger partial charge in [0.05, 0.1) is 8.07 Å². The third kappa shape index (κ3) is 3.41. The van der Waals surface area contributed by atoms with E-state index in [-0.39, 0.29) is 11.6 Å². The van der Waals surface area contributed by atoms with Gasteiger partial charge in [-0.25, -0.2) is 0 Å². The van der Waals surface area contributed by atoms with Crippen molar-refractivity contribution in [2.45, 2.75) is 45.3 Å². The number of hydrogen-bond donors (Lipinski definition) is 0. The molecule has 2 nitrogen and oxygen atoms in total. The van der Waals surface area contributed by atoms with Gasteiger partial charge in [0.2, 0.25) is 0 Å². The highest BCUT2D eigenvalue weighted by molar-refractivity contribution is 6.89. The lowest BCUT2D eigenvalue weighted by Gasteiger charge is -2.24. The van der Waals surface area contributed by atoms with E-state index in [1.54, 1.807) is 0 Å². The van der Waals surface area contributed by atoms with E-state index >= 15 is 0 Å². The molecule has 160 valence electrons. The highest BCUT2D eigenvalue weighted by Gasteiger charge is 2.31. The van der Waals surface area contributed by atoms with Gasteiger partial charge in [-0.2, -0.15) is 0 Å². The molecule has 0 radical (unpaired) electrons. The van der Waals surface area contributed by atoms with E-state index in [1.165, 1.54) is 30.5 Å². The predicted molar refractivity (Wildman–Crippen MR) is 136 cm³/mol. The molecule has 0 spiro atoms. The van der Waals surface area contributed by atoms with E-state index in [9.17, 15) is 9.59 Å². The first-order valence-corrected chi connectivity index (χ1v) is 14.8. The van der Waals surface area contributed by atoms with Crippen LogP contribution < -0.4 is 5.19 Å².